The van der Waals surface area contributed by atoms with Crippen LogP contribution in [-0.4, -0.2) is 22.4 Å². The molecule has 0 unspecified atom stereocenters. The van der Waals surface area contributed by atoms with Crippen molar-refractivity contribution in [1.29, 1.82) is 0 Å². The van der Waals surface area contributed by atoms with E-state index in [-0.39, 0.29) is 6.03 Å². The van der Waals surface area contributed by atoms with Gasteiger partial charge in [-0.2, -0.15) is 5.10 Å². The van der Waals surface area contributed by atoms with Crippen molar-refractivity contribution in [1.82, 2.24) is 15.1 Å². The van der Waals surface area contributed by atoms with Gasteiger partial charge in [-0.3, -0.25) is 0 Å². The van der Waals surface area contributed by atoms with E-state index in [1.807, 2.05) is 26.0 Å². The number of nitrogen functional groups attached to an aromatic ring is 1. The molecular formula is C20H21Cl2N5O. The molecule has 0 saturated carbocycles. The molecule has 3 aromatic rings. The SMILES string of the molecule is CC(C)CNC(=O)Nc1c(-c2ccc(Cl)cc2)nn(-c2ccc(Cl)cc2)c1N. The van der Waals surface area contributed by atoms with Crippen molar-refractivity contribution in [2.75, 3.05) is 17.6 Å². The fourth-order valence-corrected chi connectivity index (χ4v) is 2.85. The Bertz CT molecular complexity index is 966. The van der Waals surface area contributed by atoms with Crippen LogP contribution >= 0.6 is 23.2 Å². The standard InChI is InChI=1S/C20H21Cl2N5O/c1-12(2)11-24-20(28)25-18-17(13-3-5-14(21)6-4-13)26-27(19(18)23)16-9-7-15(22)8-10-16/h3-10,12H,11,23H2,1-2H3,(H2,24,25,28). The van der Waals surface area contributed by atoms with E-state index >= 15 is 0 Å². The zero-order chi connectivity index (χ0) is 20.3. The molecule has 0 aliphatic rings. The number of hydrogen-bond acceptors (Lipinski definition) is 3. The maximum atomic E-state index is 12.3. The summed E-state index contributed by atoms with van der Waals surface area (Å²) in [6.07, 6.45) is 0. The Balaban J connectivity index is 2.03. The molecule has 2 amide bonds. The molecule has 0 spiro atoms. The van der Waals surface area contributed by atoms with Crippen molar-refractivity contribution in [2.24, 2.45) is 5.92 Å². The second-order valence-corrected chi connectivity index (χ2v) is 7.61. The van der Waals surface area contributed by atoms with Crippen LogP contribution in [0.15, 0.2) is 48.5 Å². The van der Waals surface area contributed by atoms with Crippen LogP contribution in [0.25, 0.3) is 16.9 Å². The van der Waals surface area contributed by atoms with Crippen LogP contribution in [0.4, 0.5) is 16.3 Å². The van der Waals surface area contributed by atoms with Gasteiger partial charge >= 0.3 is 6.03 Å². The Labute approximate surface area is 173 Å². The molecule has 0 fully saturated rings. The number of anilines is 2. The first-order valence-corrected chi connectivity index (χ1v) is 9.56. The van der Waals surface area contributed by atoms with Gasteiger partial charge < -0.3 is 16.4 Å². The molecule has 6 nitrogen and oxygen atoms in total. The van der Waals surface area contributed by atoms with Crippen LogP contribution in [0, 0.1) is 5.92 Å². The van der Waals surface area contributed by atoms with Crippen molar-refractivity contribution in [2.45, 2.75) is 13.8 Å². The highest BCUT2D eigenvalue weighted by molar-refractivity contribution is 6.30. The third kappa shape index (κ3) is 4.58. The molecule has 0 radical (unpaired) electrons. The molecule has 4 N–H and O–H groups in total. The number of nitrogens with one attached hydrogen (secondary N) is 2. The number of aromatic nitrogens is 2. The average molecular weight is 418 g/mol. The van der Waals surface area contributed by atoms with Crippen molar-refractivity contribution in [3.05, 3.63) is 58.6 Å². The van der Waals surface area contributed by atoms with Crippen LogP contribution in [0.2, 0.25) is 10.0 Å². The van der Waals surface area contributed by atoms with Gasteiger partial charge in [0.2, 0.25) is 0 Å². The number of nitrogens with two attached hydrogens (primary N) is 1. The van der Waals surface area contributed by atoms with E-state index in [0.717, 1.165) is 11.3 Å². The number of rotatable bonds is 5. The van der Waals surface area contributed by atoms with Crippen molar-refractivity contribution < 1.29 is 4.79 Å². The van der Waals surface area contributed by atoms with Gasteiger partial charge in [0.25, 0.3) is 0 Å². The Morgan fingerprint density at radius 3 is 2.21 bits per heavy atom. The highest BCUT2D eigenvalue weighted by Gasteiger charge is 2.20. The lowest BCUT2D eigenvalue weighted by Gasteiger charge is -2.10. The number of hydrogen-bond donors (Lipinski definition) is 3. The van der Waals surface area contributed by atoms with Crippen LogP contribution < -0.4 is 16.4 Å². The number of benzene rings is 2. The van der Waals surface area contributed by atoms with E-state index in [1.165, 1.54) is 0 Å². The minimum absolute atomic E-state index is 0.312. The minimum Gasteiger partial charge on any atom is -0.382 e. The number of halogens is 2. The fourth-order valence-electron chi connectivity index (χ4n) is 2.60. The maximum Gasteiger partial charge on any atom is 0.319 e. The van der Waals surface area contributed by atoms with Gasteiger partial charge in [-0.05, 0) is 42.3 Å². The molecule has 0 saturated heterocycles. The summed E-state index contributed by atoms with van der Waals surface area (Å²) in [6, 6.07) is 14.0. The zero-order valence-electron chi connectivity index (χ0n) is 15.5. The smallest absolute Gasteiger partial charge is 0.319 e. The highest BCUT2D eigenvalue weighted by atomic mass is 35.5. The van der Waals surface area contributed by atoms with Gasteiger partial charge in [0.05, 0.1) is 5.69 Å². The van der Waals surface area contributed by atoms with Crippen molar-refractivity contribution in [3.63, 3.8) is 0 Å². The monoisotopic (exact) mass is 417 g/mol. The summed E-state index contributed by atoms with van der Waals surface area (Å²) < 4.78 is 1.57. The Morgan fingerprint density at radius 1 is 1.07 bits per heavy atom. The topological polar surface area (TPSA) is 85.0 Å². The van der Waals surface area contributed by atoms with Gasteiger partial charge in [-0.25, -0.2) is 9.48 Å². The lowest BCUT2D eigenvalue weighted by molar-refractivity contribution is 0.251. The van der Waals surface area contributed by atoms with Crippen molar-refractivity contribution >= 4 is 40.7 Å². The van der Waals surface area contributed by atoms with Gasteiger partial charge in [-0.15, -0.1) is 0 Å². The summed E-state index contributed by atoms with van der Waals surface area (Å²) in [5, 5.41) is 11.5. The second kappa shape index (κ2) is 8.54. The zero-order valence-corrected chi connectivity index (χ0v) is 17.1. The van der Waals surface area contributed by atoms with Crippen LogP contribution in [0.5, 0.6) is 0 Å². The maximum absolute atomic E-state index is 12.3. The Kier molecular flexibility index (Phi) is 6.11. The van der Waals surface area contributed by atoms with Crippen molar-refractivity contribution in [3.8, 4) is 16.9 Å². The summed E-state index contributed by atoms with van der Waals surface area (Å²) in [6.45, 7) is 4.59. The lowest BCUT2D eigenvalue weighted by atomic mass is 10.1. The molecule has 0 aliphatic carbocycles. The second-order valence-electron chi connectivity index (χ2n) is 6.73. The molecule has 1 aromatic heterocycles. The van der Waals surface area contributed by atoms with Gasteiger partial charge in [0.15, 0.2) is 5.82 Å². The molecule has 0 bridgehead atoms. The molecule has 2 aromatic carbocycles. The third-order valence-electron chi connectivity index (χ3n) is 4.02. The minimum atomic E-state index is -0.341. The number of carbonyl (C=O) groups excluding carboxylic acids is 1. The summed E-state index contributed by atoms with van der Waals surface area (Å²) in [7, 11) is 0. The highest BCUT2D eigenvalue weighted by Crippen LogP contribution is 2.34. The molecule has 28 heavy (non-hydrogen) atoms. The molecule has 0 atom stereocenters. The predicted molar refractivity (Wildman–Crippen MR) is 115 cm³/mol. The molecule has 3 rings (SSSR count). The molecule has 146 valence electrons. The van der Waals surface area contributed by atoms with E-state index in [0.29, 0.717) is 39.7 Å². The molecule has 8 heteroatoms. The van der Waals surface area contributed by atoms with E-state index in [9.17, 15) is 4.79 Å². The summed E-state index contributed by atoms with van der Waals surface area (Å²) >= 11 is 12.0. The van der Waals surface area contributed by atoms with E-state index in [4.69, 9.17) is 28.9 Å². The van der Waals surface area contributed by atoms with E-state index < -0.39 is 0 Å². The van der Waals surface area contributed by atoms with Gasteiger partial charge in [0, 0.05) is 22.2 Å². The predicted octanol–water partition coefficient (Wildman–Crippen LogP) is 5.21. The summed E-state index contributed by atoms with van der Waals surface area (Å²) in [4.78, 5) is 12.3. The van der Waals surface area contributed by atoms with Crippen LogP contribution in [0.1, 0.15) is 13.8 Å². The average Bonchev–Trinajstić information content (AvgIpc) is 2.98. The summed E-state index contributed by atoms with van der Waals surface area (Å²) in [5.74, 6) is 0.641. The fraction of sp³-hybridized carbons (Fsp3) is 0.200. The number of urea groups is 1. The largest absolute Gasteiger partial charge is 0.382 e. The normalized spacial score (nSPS) is 10.9. The molecular weight excluding hydrogens is 397 g/mol. The van der Waals surface area contributed by atoms with Gasteiger partial charge in [-0.1, -0.05) is 49.2 Å². The number of amides is 2. The van der Waals surface area contributed by atoms with Crippen LogP contribution in [-0.2, 0) is 0 Å². The first kappa shape index (κ1) is 20.0. The van der Waals surface area contributed by atoms with E-state index in [2.05, 4.69) is 15.7 Å². The first-order valence-electron chi connectivity index (χ1n) is 8.80. The van der Waals surface area contributed by atoms with Gasteiger partial charge in [0.1, 0.15) is 11.4 Å². The Morgan fingerprint density at radius 2 is 1.64 bits per heavy atom. The third-order valence-corrected chi connectivity index (χ3v) is 4.52. The van der Waals surface area contributed by atoms with Crippen LogP contribution in [0.3, 0.4) is 0 Å². The quantitative estimate of drug-likeness (QED) is 0.532. The molecule has 0 aliphatic heterocycles. The number of nitrogens with zero attached hydrogens (tertiary/aromatic N) is 2. The lowest BCUT2D eigenvalue weighted by Crippen LogP contribution is -2.32. The number of carbonyl (C=O) groups is 1. The Hall–Kier alpha value is -2.70. The first-order chi connectivity index (χ1) is 13.3. The summed E-state index contributed by atoms with van der Waals surface area (Å²) in [5.41, 5.74) is 8.83. The van der Waals surface area contributed by atoms with E-state index in [1.54, 1.807) is 41.1 Å². The molecule has 1 heterocycles.